The highest BCUT2D eigenvalue weighted by Gasteiger charge is 2.30. The molecule has 6 heteroatoms. The van der Waals surface area contributed by atoms with Crippen molar-refractivity contribution in [3.05, 3.63) is 0 Å². The average Bonchev–Trinajstić information content (AvgIpc) is 2.89. The molecular weight excluding hydrogens is 495 g/mol. The van der Waals surface area contributed by atoms with Crippen molar-refractivity contribution in [2.75, 3.05) is 0 Å². The predicted molar refractivity (Wildman–Crippen MR) is 160 cm³/mol. The molecule has 0 radical (unpaired) electrons. The zero-order valence-corrected chi connectivity index (χ0v) is 26.2. The van der Waals surface area contributed by atoms with Crippen molar-refractivity contribution in [3.8, 4) is 0 Å². The molecule has 38 heavy (non-hydrogen) atoms. The van der Waals surface area contributed by atoms with E-state index < -0.39 is 20.2 Å². The Morgan fingerprint density at radius 2 is 0.605 bits per heavy atom. The fourth-order valence-electron chi connectivity index (χ4n) is 4.85. The molecule has 224 valence electrons. The van der Waals surface area contributed by atoms with Crippen LogP contribution in [0.4, 0.5) is 0 Å². The van der Waals surface area contributed by atoms with Gasteiger partial charge in [0.1, 0.15) is 0 Å². The van der Waals surface area contributed by atoms with E-state index in [1.807, 2.05) is 0 Å². The Labute approximate surface area is 236 Å². The average molecular weight is 558 g/mol. The first-order chi connectivity index (χ1) is 18.6. The lowest BCUT2D eigenvalue weighted by atomic mass is 10.0. The van der Waals surface area contributed by atoms with Crippen molar-refractivity contribution in [2.24, 2.45) is 0 Å². The summed E-state index contributed by atoms with van der Waals surface area (Å²) >= 11 is 0. The number of unbranched alkanes of at least 4 members (excludes halogenated alkanes) is 24. The highest BCUT2D eigenvalue weighted by atomic mass is 31.1. The first-order valence-electron chi connectivity index (χ1n) is 16.5. The van der Waals surface area contributed by atoms with Crippen molar-refractivity contribution >= 4 is 20.2 Å². The summed E-state index contributed by atoms with van der Waals surface area (Å²) in [6.07, 6.45) is 32.7. The summed E-state index contributed by atoms with van der Waals surface area (Å²) in [7, 11) is -2.69. The van der Waals surface area contributed by atoms with Crippen LogP contribution in [-0.4, -0.2) is 11.9 Å². The van der Waals surface area contributed by atoms with Gasteiger partial charge in [-0.05, 0) is 12.8 Å². The second-order valence-electron chi connectivity index (χ2n) is 11.1. The largest absolute Gasteiger partial charge is 0.811 e. The van der Waals surface area contributed by atoms with Gasteiger partial charge in [-0.1, -0.05) is 168 Å². The van der Waals surface area contributed by atoms with Crippen molar-refractivity contribution in [3.63, 3.8) is 0 Å². The maximum Gasteiger partial charge on any atom is 0.811 e. The molecule has 0 atom stereocenters. The molecule has 0 unspecified atom stereocenters. The Morgan fingerprint density at radius 1 is 0.395 bits per heavy atom. The molecule has 0 saturated heterocycles. The van der Waals surface area contributed by atoms with Crippen LogP contribution in [0.15, 0.2) is 0 Å². The minimum Gasteiger partial charge on any atom is -0.247 e. The van der Waals surface area contributed by atoms with Crippen LogP contribution in [0.25, 0.3) is 0 Å². The molecule has 0 aromatic heterocycles. The third kappa shape index (κ3) is 29.6. The fraction of sp³-hybridized carbons (Fsp3) is 0.938. The summed E-state index contributed by atoms with van der Waals surface area (Å²) in [5.74, 6) is -1.08. The van der Waals surface area contributed by atoms with Crippen LogP contribution in [0, 0.1) is 0 Å². The SMILES string of the molecule is CCCCCCCCCCCCCCCC(=O)O[P+](=O)OC(=O)CCCCCCCCCCCCCCC. The Balaban J connectivity index is 3.42. The lowest BCUT2D eigenvalue weighted by Gasteiger charge is -2.02. The standard InChI is InChI=1S/C32H62O5P/c1-3-5-7-9-11-13-15-17-19-21-23-25-27-29-31(33)36-38(35)37-32(34)30-28-26-24-22-20-18-16-14-12-10-8-6-4-2/h3-30H2,1-2H3/q+1. The van der Waals surface area contributed by atoms with Crippen molar-refractivity contribution in [1.29, 1.82) is 0 Å². The van der Waals surface area contributed by atoms with Crippen LogP contribution >= 0.6 is 8.25 Å². The molecule has 0 heterocycles. The summed E-state index contributed by atoms with van der Waals surface area (Å²) in [4.78, 5) is 23.6. The second-order valence-corrected chi connectivity index (χ2v) is 11.9. The van der Waals surface area contributed by atoms with Gasteiger partial charge in [0.2, 0.25) is 0 Å². The monoisotopic (exact) mass is 557 g/mol. The molecule has 0 rings (SSSR count). The van der Waals surface area contributed by atoms with Gasteiger partial charge in [0.15, 0.2) is 0 Å². The quantitative estimate of drug-likeness (QED) is 0.0649. The lowest BCUT2D eigenvalue weighted by Crippen LogP contribution is -2.03. The van der Waals surface area contributed by atoms with E-state index >= 15 is 0 Å². The zero-order valence-electron chi connectivity index (χ0n) is 25.3. The molecule has 0 fully saturated rings. The second kappa shape index (κ2) is 30.6. The van der Waals surface area contributed by atoms with Gasteiger partial charge in [-0.25, -0.2) is 9.59 Å². The van der Waals surface area contributed by atoms with Gasteiger partial charge in [-0.15, -0.1) is 0 Å². The van der Waals surface area contributed by atoms with Crippen LogP contribution < -0.4 is 0 Å². The van der Waals surface area contributed by atoms with Gasteiger partial charge in [-0.2, -0.15) is 9.05 Å². The summed E-state index contributed by atoms with van der Waals surface area (Å²) in [6.45, 7) is 4.51. The van der Waals surface area contributed by atoms with Crippen LogP contribution in [0.5, 0.6) is 0 Å². The van der Waals surface area contributed by atoms with Gasteiger partial charge in [0, 0.05) is 4.57 Å². The van der Waals surface area contributed by atoms with Crippen molar-refractivity contribution < 1.29 is 23.2 Å². The van der Waals surface area contributed by atoms with E-state index in [0.717, 1.165) is 38.5 Å². The number of rotatable bonds is 30. The highest BCUT2D eigenvalue weighted by molar-refractivity contribution is 7.34. The van der Waals surface area contributed by atoms with Gasteiger partial charge >= 0.3 is 20.2 Å². The summed E-state index contributed by atoms with van der Waals surface area (Å²) in [6, 6.07) is 0. The number of carbonyl (C=O) groups excluding carboxylic acids is 2. The van der Waals surface area contributed by atoms with E-state index in [9.17, 15) is 14.2 Å². The lowest BCUT2D eigenvalue weighted by molar-refractivity contribution is -0.138. The highest BCUT2D eigenvalue weighted by Crippen LogP contribution is 2.26. The molecule has 0 aliphatic heterocycles. The van der Waals surface area contributed by atoms with Gasteiger partial charge < -0.3 is 0 Å². The van der Waals surface area contributed by atoms with Crippen molar-refractivity contribution in [1.82, 2.24) is 0 Å². The van der Waals surface area contributed by atoms with Crippen LogP contribution in [0.3, 0.4) is 0 Å². The predicted octanol–water partition coefficient (Wildman–Crippen LogP) is 11.7. The third-order valence-corrected chi connectivity index (χ3v) is 8.03. The molecule has 0 saturated carbocycles. The van der Waals surface area contributed by atoms with Gasteiger partial charge in [-0.3, -0.25) is 0 Å². The third-order valence-electron chi connectivity index (χ3n) is 7.32. The van der Waals surface area contributed by atoms with E-state index in [-0.39, 0.29) is 12.8 Å². The number of hydrogen-bond acceptors (Lipinski definition) is 5. The Hall–Kier alpha value is -0.960. The summed E-state index contributed by atoms with van der Waals surface area (Å²) < 4.78 is 21.3. The van der Waals surface area contributed by atoms with Crippen LogP contribution in [0.1, 0.15) is 194 Å². The molecule has 0 spiro atoms. The van der Waals surface area contributed by atoms with E-state index in [1.165, 1.54) is 128 Å². The zero-order chi connectivity index (χ0) is 27.9. The van der Waals surface area contributed by atoms with E-state index in [1.54, 1.807) is 0 Å². The van der Waals surface area contributed by atoms with E-state index in [4.69, 9.17) is 9.05 Å². The smallest absolute Gasteiger partial charge is 0.247 e. The van der Waals surface area contributed by atoms with Gasteiger partial charge in [0.25, 0.3) is 0 Å². The molecule has 0 N–H and O–H groups in total. The van der Waals surface area contributed by atoms with Crippen LogP contribution in [0.2, 0.25) is 0 Å². The van der Waals surface area contributed by atoms with Gasteiger partial charge in [0.05, 0.1) is 12.8 Å². The molecule has 0 amide bonds. The fourth-order valence-corrected chi connectivity index (χ4v) is 5.40. The topological polar surface area (TPSA) is 69.7 Å². The van der Waals surface area contributed by atoms with Crippen molar-refractivity contribution in [2.45, 2.75) is 194 Å². The maximum atomic E-state index is 11.8. The molecule has 5 nitrogen and oxygen atoms in total. The normalized spacial score (nSPS) is 11.0. The maximum absolute atomic E-state index is 11.8. The first-order valence-corrected chi connectivity index (χ1v) is 17.6. The Kier molecular flexibility index (Phi) is 29.8. The molecule has 0 aromatic rings. The summed E-state index contributed by atoms with van der Waals surface area (Å²) in [5, 5.41) is 0. The Bertz CT molecular complexity index is 506. The first kappa shape index (κ1) is 37.0. The molecule has 0 bridgehead atoms. The number of hydrogen-bond donors (Lipinski definition) is 0. The Morgan fingerprint density at radius 3 is 0.842 bits per heavy atom. The molecule has 0 aliphatic rings. The summed E-state index contributed by atoms with van der Waals surface area (Å²) in [5.41, 5.74) is 0. The molecule has 0 aliphatic carbocycles. The van der Waals surface area contributed by atoms with E-state index in [0.29, 0.717) is 0 Å². The van der Waals surface area contributed by atoms with Crippen LogP contribution in [-0.2, 0) is 23.2 Å². The minimum absolute atomic E-state index is 0.231. The molecular formula is C32H62O5P+. The molecule has 0 aromatic carbocycles. The number of carbonyl (C=O) groups is 2. The van der Waals surface area contributed by atoms with E-state index in [2.05, 4.69) is 13.8 Å². The minimum atomic E-state index is -2.69.